The van der Waals surface area contributed by atoms with Crippen LogP contribution >= 0.6 is 45.8 Å². The van der Waals surface area contributed by atoms with E-state index in [1.807, 2.05) is 13.8 Å². The molecule has 1 heterocycles. The normalized spacial score (nSPS) is 14.7. The number of barbiturate groups is 1. The van der Waals surface area contributed by atoms with Crippen molar-refractivity contribution in [1.82, 2.24) is 5.32 Å². The van der Waals surface area contributed by atoms with Crippen molar-refractivity contribution in [2.24, 2.45) is 0 Å². The van der Waals surface area contributed by atoms with Gasteiger partial charge in [-0.05, 0) is 84.5 Å². The lowest BCUT2D eigenvalue weighted by Crippen LogP contribution is -2.54. The molecule has 10 heteroatoms. The van der Waals surface area contributed by atoms with Crippen LogP contribution in [0.3, 0.4) is 0 Å². The molecule has 0 unspecified atom stereocenters. The van der Waals surface area contributed by atoms with E-state index in [2.05, 4.69) is 27.9 Å². The van der Waals surface area contributed by atoms with Gasteiger partial charge < -0.3 is 9.47 Å². The quantitative estimate of drug-likeness (QED) is 0.178. The summed E-state index contributed by atoms with van der Waals surface area (Å²) in [6, 6.07) is 14.6. The van der Waals surface area contributed by atoms with Crippen molar-refractivity contribution in [2.45, 2.75) is 20.5 Å². The third kappa shape index (κ3) is 6.08. The van der Waals surface area contributed by atoms with Crippen molar-refractivity contribution in [2.75, 3.05) is 11.5 Å². The Morgan fingerprint density at radius 1 is 1.00 bits per heavy atom. The number of urea groups is 1. The highest BCUT2D eigenvalue weighted by Crippen LogP contribution is 2.36. The number of ether oxygens (including phenoxy) is 2. The van der Waals surface area contributed by atoms with Crippen molar-refractivity contribution in [3.8, 4) is 11.5 Å². The van der Waals surface area contributed by atoms with Gasteiger partial charge in [0.15, 0.2) is 11.5 Å². The van der Waals surface area contributed by atoms with Gasteiger partial charge in [0.1, 0.15) is 12.2 Å². The number of anilines is 1. The lowest BCUT2D eigenvalue weighted by atomic mass is 10.1. The fourth-order valence-corrected chi connectivity index (χ4v) is 4.86. The number of nitrogens with zero attached hydrogens (tertiary/aromatic N) is 1. The van der Waals surface area contributed by atoms with Crippen LogP contribution in [0.15, 0.2) is 60.2 Å². The van der Waals surface area contributed by atoms with E-state index in [9.17, 15) is 14.4 Å². The lowest BCUT2D eigenvalue weighted by Gasteiger charge is -2.26. The number of amides is 4. The van der Waals surface area contributed by atoms with Gasteiger partial charge in [0.2, 0.25) is 0 Å². The summed E-state index contributed by atoms with van der Waals surface area (Å²) in [5.41, 5.74) is 2.43. The van der Waals surface area contributed by atoms with E-state index in [0.29, 0.717) is 43.0 Å². The second-order valence-corrected chi connectivity index (χ2v) is 10.1. The highest BCUT2D eigenvalue weighted by Gasteiger charge is 2.36. The lowest BCUT2D eigenvalue weighted by molar-refractivity contribution is -0.122. The predicted octanol–water partition coefficient (Wildman–Crippen LogP) is 6.55. The first kappa shape index (κ1) is 27.0. The summed E-state index contributed by atoms with van der Waals surface area (Å²) in [7, 11) is 0. The molecule has 4 amide bonds. The number of rotatable bonds is 7. The van der Waals surface area contributed by atoms with Crippen LogP contribution in [0, 0.1) is 10.5 Å². The fraction of sp³-hybridized carbons (Fsp3) is 0.148. The Morgan fingerprint density at radius 2 is 1.73 bits per heavy atom. The number of carbonyl (C=O) groups excluding carboxylic acids is 3. The molecule has 0 aromatic heterocycles. The Hall–Kier alpha value is -3.08. The SMILES string of the molecule is CCOc1cc(/C=C2\C(=O)NC(=O)N(c3ccc(C)cc3)C2=O)cc(I)c1OCc1ccc(Cl)cc1Cl. The largest absolute Gasteiger partial charge is 0.490 e. The third-order valence-corrected chi connectivity index (χ3v) is 6.81. The molecule has 0 saturated carbocycles. The van der Waals surface area contributed by atoms with E-state index in [0.717, 1.165) is 16.0 Å². The van der Waals surface area contributed by atoms with Crippen molar-refractivity contribution >= 4 is 75.4 Å². The Morgan fingerprint density at radius 3 is 2.41 bits per heavy atom. The van der Waals surface area contributed by atoms with E-state index in [-0.39, 0.29) is 12.2 Å². The molecule has 0 spiro atoms. The van der Waals surface area contributed by atoms with Gasteiger partial charge in [0.05, 0.1) is 15.9 Å². The molecule has 190 valence electrons. The van der Waals surface area contributed by atoms with Gasteiger partial charge >= 0.3 is 6.03 Å². The second-order valence-electron chi connectivity index (χ2n) is 8.08. The molecular weight excluding hydrogens is 630 g/mol. The molecule has 3 aromatic rings. The average Bonchev–Trinajstić information content (AvgIpc) is 2.83. The van der Waals surface area contributed by atoms with E-state index in [1.54, 1.807) is 54.6 Å². The van der Waals surface area contributed by atoms with Crippen LogP contribution in [0.2, 0.25) is 10.0 Å². The molecule has 1 N–H and O–H groups in total. The van der Waals surface area contributed by atoms with Crippen molar-refractivity contribution in [3.63, 3.8) is 0 Å². The van der Waals surface area contributed by atoms with E-state index < -0.39 is 17.8 Å². The minimum absolute atomic E-state index is 0.181. The van der Waals surface area contributed by atoms with Gasteiger partial charge in [-0.15, -0.1) is 0 Å². The summed E-state index contributed by atoms with van der Waals surface area (Å²) in [4.78, 5) is 39.2. The number of carbonyl (C=O) groups is 3. The molecule has 3 aromatic carbocycles. The molecule has 7 nitrogen and oxygen atoms in total. The van der Waals surface area contributed by atoms with Crippen LogP contribution in [0.5, 0.6) is 11.5 Å². The number of imide groups is 2. The van der Waals surface area contributed by atoms with Crippen molar-refractivity contribution < 1.29 is 23.9 Å². The van der Waals surface area contributed by atoms with Crippen LogP contribution < -0.4 is 19.7 Å². The fourth-order valence-electron chi connectivity index (χ4n) is 3.62. The van der Waals surface area contributed by atoms with Gasteiger partial charge in [-0.2, -0.15) is 0 Å². The highest BCUT2D eigenvalue weighted by atomic mass is 127. The number of hydrogen-bond acceptors (Lipinski definition) is 5. The van der Waals surface area contributed by atoms with Crippen molar-refractivity contribution in [1.29, 1.82) is 0 Å². The minimum atomic E-state index is -0.801. The summed E-state index contributed by atoms with van der Waals surface area (Å²) in [6.45, 7) is 4.27. The zero-order valence-electron chi connectivity index (χ0n) is 19.8. The monoisotopic (exact) mass is 650 g/mol. The van der Waals surface area contributed by atoms with Gasteiger partial charge in [-0.3, -0.25) is 14.9 Å². The zero-order chi connectivity index (χ0) is 26.7. The summed E-state index contributed by atoms with van der Waals surface area (Å²) in [5.74, 6) is -0.569. The van der Waals surface area contributed by atoms with Crippen LogP contribution in [0.4, 0.5) is 10.5 Å². The topological polar surface area (TPSA) is 84.9 Å². The Bertz CT molecular complexity index is 1420. The maximum atomic E-state index is 13.2. The molecule has 1 saturated heterocycles. The third-order valence-electron chi connectivity index (χ3n) is 5.42. The molecule has 1 fully saturated rings. The highest BCUT2D eigenvalue weighted by molar-refractivity contribution is 14.1. The maximum Gasteiger partial charge on any atom is 0.335 e. The zero-order valence-corrected chi connectivity index (χ0v) is 23.5. The molecule has 1 aliphatic rings. The van der Waals surface area contributed by atoms with E-state index in [4.69, 9.17) is 32.7 Å². The molecule has 0 radical (unpaired) electrons. The Balaban J connectivity index is 1.66. The summed E-state index contributed by atoms with van der Waals surface area (Å²) in [6.07, 6.45) is 1.43. The van der Waals surface area contributed by atoms with E-state index in [1.165, 1.54) is 6.08 Å². The molecule has 0 aliphatic carbocycles. The molecule has 4 rings (SSSR count). The van der Waals surface area contributed by atoms with Crippen LogP contribution in [0.1, 0.15) is 23.6 Å². The molecule has 37 heavy (non-hydrogen) atoms. The van der Waals surface area contributed by atoms with E-state index >= 15 is 0 Å². The maximum absolute atomic E-state index is 13.2. The van der Waals surface area contributed by atoms with Crippen LogP contribution in [0.25, 0.3) is 6.08 Å². The van der Waals surface area contributed by atoms with Gasteiger partial charge in [0.25, 0.3) is 11.8 Å². The Labute approximate surface area is 237 Å². The minimum Gasteiger partial charge on any atom is -0.490 e. The second kappa shape index (κ2) is 11.5. The number of nitrogens with one attached hydrogen (secondary N) is 1. The number of aryl methyl sites for hydroxylation is 1. The molecule has 1 aliphatic heterocycles. The first-order valence-corrected chi connectivity index (χ1v) is 13.0. The van der Waals surface area contributed by atoms with Gasteiger partial charge in [-0.1, -0.05) is 47.0 Å². The first-order chi connectivity index (χ1) is 17.7. The number of benzene rings is 3. The summed E-state index contributed by atoms with van der Waals surface area (Å²) < 4.78 is 12.5. The smallest absolute Gasteiger partial charge is 0.335 e. The number of halogens is 3. The van der Waals surface area contributed by atoms with Gasteiger partial charge in [0, 0.05) is 15.6 Å². The predicted molar refractivity (Wildman–Crippen MR) is 151 cm³/mol. The van der Waals surface area contributed by atoms with Crippen LogP contribution in [-0.2, 0) is 16.2 Å². The van der Waals surface area contributed by atoms with Gasteiger partial charge in [-0.25, -0.2) is 9.69 Å². The standard InChI is InChI=1S/C27H21Cl2IN2O5/c1-3-36-23-12-16(11-22(30)24(23)37-14-17-6-7-18(28)13-21(17)29)10-20-25(33)31-27(35)32(26(20)34)19-8-4-15(2)5-9-19/h4-13H,3,14H2,1-2H3,(H,31,33,35)/b20-10+. The molecular formula is C27H21Cl2IN2O5. The van der Waals surface area contributed by atoms with Crippen LogP contribution in [-0.4, -0.2) is 24.5 Å². The summed E-state index contributed by atoms with van der Waals surface area (Å²) in [5, 5.41) is 3.25. The average molecular weight is 651 g/mol. The Kier molecular flexibility index (Phi) is 8.41. The number of hydrogen-bond donors (Lipinski definition) is 1. The molecule has 0 atom stereocenters. The molecule has 0 bridgehead atoms. The first-order valence-electron chi connectivity index (χ1n) is 11.2. The summed E-state index contributed by atoms with van der Waals surface area (Å²) >= 11 is 14.3. The van der Waals surface area contributed by atoms with Crippen molar-refractivity contribution in [3.05, 3.63) is 90.5 Å².